The van der Waals surface area contributed by atoms with E-state index in [1.165, 1.54) is 24.3 Å². The number of ether oxygens (including phenoxy) is 1. The standard InChI is InChI=1S/C18H16N2O4S/c19-13-3-1-12(2-4-13)17-10-5-14(20)11-18(17)24-15-6-8-16(9-7-15)25(21,22)23/h1-11H,19-20H2,(H,21,22,23). The van der Waals surface area contributed by atoms with Crippen LogP contribution < -0.4 is 16.2 Å². The molecule has 5 N–H and O–H groups in total. The third-order valence-electron chi connectivity index (χ3n) is 3.58. The summed E-state index contributed by atoms with van der Waals surface area (Å²) < 4.78 is 37.1. The second-order valence-electron chi connectivity index (χ2n) is 5.43. The van der Waals surface area contributed by atoms with Crippen molar-refractivity contribution in [1.29, 1.82) is 0 Å². The molecule has 0 bridgehead atoms. The van der Waals surface area contributed by atoms with E-state index in [4.69, 9.17) is 20.8 Å². The van der Waals surface area contributed by atoms with Crippen LogP contribution in [0.3, 0.4) is 0 Å². The number of anilines is 2. The zero-order valence-electron chi connectivity index (χ0n) is 13.1. The highest BCUT2D eigenvalue weighted by Crippen LogP contribution is 2.35. The van der Waals surface area contributed by atoms with Crippen LogP contribution in [-0.2, 0) is 10.1 Å². The van der Waals surface area contributed by atoms with E-state index in [2.05, 4.69) is 0 Å². The van der Waals surface area contributed by atoms with E-state index in [0.717, 1.165) is 11.1 Å². The van der Waals surface area contributed by atoms with Crippen LogP contribution in [0.2, 0.25) is 0 Å². The van der Waals surface area contributed by atoms with Gasteiger partial charge < -0.3 is 16.2 Å². The molecule has 0 aromatic heterocycles. The van der Waals surface area contributed by atoms with Crippen LogP contribution in [-0.4, -0.2) is 13.0 Å². The second-order valence-corrected chi connectivity index (χ2v) is 6.85. The van der Waals surface area contributed by atoms with E-state index >= 15 is 0 Å². The van der Waals surface area contributed by atoms with E-state index in [0.29, 0.717) is 22.9 Å². The largest absolute Gasteiger partial charge is 0.457 e. The van der Waals surface area contributed by atoms with Crippen LogP contribution in [0.1, 0.15) is 0 Å². The molecule has 0 fully saturated rings. The lowest BCUT2D eigenvalue weighted by Crippen LogP contribution is -1.97. The first-order chi connectivity index (χ1) is 11.8. The minimum atomic E-state index is -4.24. The first kappa shape index (κ1) is 16.8. The Kier molecular flexibility index (Phi) is 4.35. The van der Waals surface area contributed by atoms with Gasteiger partial charge in [0.05, 0.1) is 4.90 Å². The number of nitrogen functional groups attached to an aromatic ring is 2. The fraction of sp³-hybridized carbons (Fsp3) is 0. The Morgan fingerprint density at radius 1 is 0.800 bits per heavy atom. The van der Waals surface area contributed by atoms with Crippen LogP contribution >= 0.6 is 0 Å². The van der Waals surface area contributed by atoms with Gasteiger partial charge in [0, 0.05) is 23.0 Å². The molecule has 0 aliphatic carbocycles. The Bertz CT molecular complexity index is 998. The van der Waals surface area contributed by atoms with Crippen molar-refractivity contribution in [2.45, 2.75) is 4.90 Å². The Balaban J connectivity index is 1.97. The lowest BCUT2D eigenvalue weighted by Gasteiger charge is -2.13. The molecule has 6 nitrogen and oxygen atoms in total. The number of hydrogen-bond acceptors (Lipinski definition) is 5. The van der Waals surface area contributed by atoms with Gasteiger partial charge in [-0.05, 0) is 54.1 Å². The van der Waals surface area contributed by atoms with Crippen LogP contribution in [0.15, 0.2) is 71.6 Å². The summed E-state index contributed by atoms with van der Waals surface area (Å²) in [6.07, 6.45) is 0. The molecule has 0 aliphatic heterocycles. The lowest BCUT2D eigenvalue weighted by molar-refractivity contribution is 0.479. The van der Waals surface area contributed by atoms with Crippen molar-refractivity contribution >= 4 is 21.5 Å². The highest BCUT2D eigenvalue weighted by atomic mass is 32.2. The molecule has 0 heterocycles. The van der Waals surface area contributed by atoms with Crippen LogP contribution in [0.25, 0.3) is 11.1 Å². The van der Waals surface area contributed by atoms with Gasteiger partial charge >= 0.3 is 0 Å². The van der Waals surface area contributed by atoms with Gasteiger partial charge in [-0.2, -0.15) is 8.42 Å². The van der Waals surface area contributed by atoms with Gasteiger partial charge in [0.1, 0.15) is 11.5 Å². The highest BCUT2D eigenvalue weighted by Gasteiger charge is 2.11. The Morgan fingerprint density at radius 2 is 1.40 bits per heavy atom. The van der Waals surface area contributed by atoms with Crippen molar-refractivity contribution in [1.82, 2.24) is 0 Å². The third kappa shape index (κ3) is 3.90. The van der Waals surface area contributed by atoms with Crippen LogP contribution in [0.5, 0.6) is 11.5 Å². The number of rotatable bonds is 4. The molecule has 0 amide bonds. The number of benzene rings is 3. The molecule has 0 aliphatic rings. The van der Waals surface area contributed by atoms with Gasteiger partial charge in [-0.25, -0.2) is 0 Å². The van der Waals surface area contributed by atoms with E-state index in [1.54, 1.807) is 24.3 Å². The molecule has 7 heteroatoms. The van der Waals surface area contributed by atoms with E-state index in [-0.39, 0.29) is 4.90 Å². The molecule has 3 aromatic rings. The molecule has 25 heavy (non-hydrogen) atoms. The summed E-state index contributed by atoms with van der Waals surface area (Å²) in [7, 11) is -4.24. The summed E-state index contributed by atoms with van der Waals surface area (Å²) in [6, 6.07) is 18.0. The highest BCUT2D eigenvalue weighted by molar-refractivity contribution is 7.85. The summed E-state index contributed by atoms with van der Waals surface area (Å²) in [5.74, 6) is 0.930. The smallest absolute Gasteiger partial charge is 0.294 e. The minimum Gasteiger partial charge on any atom is -0.457 e. The summed E-state index contributed by atoms with van der Waals surface area (Å²) in [4.78, 5) is -0.203. The molecular weight excluding hydrogens is 340 g/mol. The zero-order chi connectivity index (χ0) is 18.0. The first-order valence-electron chi connectivity index (χ1n) is 7.34. The summed E-state index contributed by atoms with van der Waals surface area (Å²) in [6.45, 7) is 0. The third-order valence-corrected chi connectivity index (χ3v) is 4.44. The minimum absolute atomic E-state index is 0.203. The summed E-state index contributed by atoms with van der Waals surface area (Å²) >= 11 is 0. The average molecular weight is 356 g/mol. The fourth-order valence-corrected chi connectivity index (χ4v) is 2.81. The predicted molar refractivity (Wildman–Crippen MR) is 97.0 cm³/mol. The molecule has 0 spiro atoms. The van der Waals surface area contributed by atoms with Gasteiger partial charge in [-0.1, -0.05) is 12.1 Å². The maximum absolute atomic E-state index is 11.1. The van der Waals surface area contributed by atoms with E-state index in [9.17, 15) is 8.42 Å². The van der Waals surface area contributed by atoms with E-state index < -0.39 is 10.1 Å². The van der Waals surface area contributed by atoms with E-state index in [1.807, 2.05) is 18.2 Å². The summed E-state index contributed by atoms with van der Waals surface area (Å²) in [5.41, 5.74) is 14.5. The Hall–Kier alpha value is -3.03. The topological polar surface area (TPSA) is 116 Å². The fourth-order valence-electron chi connectivity index (χ4n) is 2.33. The molecule has 128 valence electrons. The summed E-state index contributed by atoms with van der Waals surface area (Å²) in [5, 5.41) is 0. The normalized spacial score (nSPS) is 11.2. The van der Waals surface area contributed by atoms with Gasteiger partial charge in [-0.3, -0.25) is 4.55 Å². The molecule has 0 radical (unpaired) electrons. The SMILES string of the molecule is Nc1ccc(-c2ccc(N)cc2Oc2ccc(S(=O)(=O)O)cc2)cc1. The van der Waals surface area contributed by atoms with Crippen molar-refractivity contribution in [3.63, 3.8) is 0 Å². The van der Waals surface area contributed by atoms with Gasteiger partial charge in [0.2, 0.25) is 0 Å². The zero-order valence-corrected chi connectivity index (χ0v) is 13.9. The molecule has 0 atom stereocenters. The van der Waals surface area contributed by atoms with Crippen molar-refractivity contribution in [3.8, 4) is 22.6 Å². The number of hydrogen-bond donors (Lipinski definition) is 3. The predicted octanol–water partition coefficient (Wildman–Crippen LogP) is 3.56. The first-order valence-corrected chi connectivity index (χ1v) is 8.78. The molecule has 0 saturated heterocycles. The Labute approximate surface area is 145 Å². The maximum atomic E-state index is 11.1. The quantitative estimate of drug-likeness (QED) is 0.486. The van der Waals surface area contributed by atoms with Gasteiger partial charge in [0.25, 0.3) is 10.1 Å². The van der Waals surface area contributed by atoms with Crippen molar-refractivity contribution in [2.24, 2.45) is 0 Å². The van der Waals surface area contributed by atoms with Crippen molar-refractivity contribution < 1.29 is 17.7 Å². The van der Waals surface area contributed by atoms with Crippen LogP contribution in [0, 0.1) is 0 Å². The molecule has 3 aromatic carbocycles. The number of nitrogens with two attached hydrogens (primary N) is 2. The van der Waals surface area contributed by atoms with Crippen molar-refractivity contribution in [2.75, 3.05) is 11.5 Å². The van der Waals surface area contributed by atoms with Gasteiger partial charge in [-0.15, -0.1) is 0 Å². The second kappa shape index (κ2) is 6.46. The van der Waals surface area contributed by atoms with Gasteiger partial charge in [0.15, 0.2) is 0 Å². The molecule has 0 saturated carbocycles. The maximum Gasteiger partial charge on any atom is 0.294 e. The van der Waals surface area contributed by atoms with Crippen LogP contribution in [0.4, 0.5) is 11.4 Å². The Morgan fingerprint density at radius 3 is 2.00 bits per heavy atom. The molecule has 0 unspecified atom stereocenters. The van der Waals surface area contributed by atoms with Crippen molar-refractivity contribution in [3.05, 3.63) is 66.7 Å². The molecule has 3 rings (SSSR count). The lowest BCUT2D eigenvalue weighted by atomic mass is 10.0. The molecular formula is C18H16N2O4S. The monoisotopic (exact) mass is 356 g/mol. The average Bonchev–Trinajstić information content (AvgIpc) is 2.56.